The fraction of sp³-hybridized carbons (Fsp3) is 0.250. The van der Waals surface area contributed by atoms with Crippen LogP contribution in [0.25, 0.3) is 0 Å². The largest absolute Gasteiger partial charge is 0.345 e. The van der Waals surface area contributed by atoms with Crippen molar-refractivity contribution >= 4 is 22.4 Å². The highest BCUT2D eigenvalue weighted by Crippen LogP contribution is 2.18. The van der Waals surface area contributed by atoms with E-state index in [4.69, 9.17) is 0 Å². The summed E-state index contributed by atoms with van der Waals surface area (Å²) in [6.07, 6.45) is 1.81. The van der Waals surface area contributed by atoms with Gasteiger partial charge in [-0.1, -0.05) is 24.1 Å². The Morgan fingerprint density at radius 1 is 1.14 bits per heavy atom. The van der Waals surface area contributed by atoms with E-state index in [1.54, 1.807) is 16.2 Å². The molecule has 5 heteroatoms. The van der Waals surface area contributed by atoms with Gasteiger partial charge in [0.1, 0.15) is 0 Å². The van der Waals surface area contributed by atoms with Gasteiger partial charge in [-0.25, -0.2) is 4.98 Å². The second kappa shape index (κ2) is 6.42. The zero-order valence-corrected chi connectivity index (χ0v) is 12.3. The summed E-state index contributed by atoms with van der Waals surface area (Å²) in [6.45, 7) is 3.02. The Bertz CT molecular complexity index is 650. The fourth-order valence-electron chi connectivity index (χ4n) is 2.20. The molecule has 0 N–H and O–H groups in total. The van der Waals surface area contributed by atoms with Crippen LogP contribution in [0.2, 0.25) is 0 Å². The van der Waals surface area contributed by atoms with Crippen LogP contribution in [0, 0.1) is 11.8 Å². The Hall–Kier alpha value is -2.32. The summed E-state index contributed by atoms with van der Waals surface area (Å²) in [6, 6.07) is 9.58. The summed E-state index contributed by atoms with van der Waals surface area (Å²) in [7, 11) is 0. The quantitative estimate of drug-likeness (QED) is 0.754. The molecular weight excluding hydrogens is 282 g/mol. The molecule has 1 aliphatic rings. The molecule has 0 atom stereocenters. The molecule has 0 saturated carbocycles. The lowest BCUT2D eigenvalue weighted by atomic mass is 10.2. The smallest absolute Gasteiger partial charge is 0.298 e. The summed E-state index contributed by atoms with van der Waals surface area (Å²) in [5, 5.41) is 3.00. The molecule has 1 aliphatic heterocycles. The van der Waals surface area contributed by atoms with Crippen molar-refractivity contribution in [3.63, 3.8) is 0 Å². The van der Waals surface area contributed by atoms with Crippen LogP contribution in [-0.4, -0.2) is 42.0 Å². The topological polar surface area (TPSA) is 36.4 Å². The lowest BCUT2D eigenvalue weighted by molar-refractivity contribution is -0.125. The first-order valence-electron chi connectivity index (χ1n) is 6.83. The summed E-state index contributed by atoms with van der Waals surface area (Å²) in [5.41, 5.74) is 0.868. The van der Waals surface area contributed by atoms with E-state index < -0.39 is 0 Å². The average molecular weight is 297 g/mol. The van der Waals surface area contributed by atoms with Crippen LogP contribution in [0.15, 0.2) is 41.9 Å². The van der Waals surface area contributed by atoms with Crippen LogP contribution < -0.4 is 4.90 Å². The second-order valence-electron chi connectivity index (χ2n) is 4.71. The van der Waals surface area contributed by atoms with Crippen LogP contribution in [-0.2, 0) is 4.79 Å². The molecule has 2 aromatic rings. The van der Waals surface area contributed by atoms with Crippen LogP contribution in [0.3, 0.4) is 0 Å². The first-order valence-corrected chi connectivity index (χ1v) is 7.71. The third-order valence-corrected chi connectivity index (χ3v) is 4.18. The number of amides is 1. The fourth-order valence-corrected chi connectivity index (χ4v) is 2.90. The van der Waals surface area contributed by atoms with Gasteiger partial charge in [-0.05, 0) is 12.1 Å². The van der Waals surface area contributed by atoms with Crippen molar-refractivity contribution in [1.82, 2.24) is 9.88 Å². The highest BCUT2D eigenvalue weighted by Gasteiger charge is 2.21. The molecule has 1 aromatic heterocycles. The van der Waals surface area contributed by atoms with Crippen LogP contribution >= 0.6 is 11.3 Å². The Morgan fingerprint density at radius 2 is 1.90 bits per heavy atom. The average Bonchev–Trinajstić information content (AvgIpc) is 3.08. The van der Waals surface area contributed by atoms with Gasteiger partial charge in [0.15, 0.2) is 5.13 Å². The molecule has 0 radical (unpaired) electrons. The van der Waals surface area contributed by atoms with Crippen molar-refractivity contribution in [1.29, 1.82) is 0 Å². The van der Waals surface area contributed by atoms with E-state index in [9.17, 15) is 4.79 Å². The molecule has 4 nitrogen and oxygen atoms in total. The lowest BCUT2D eigenvalue weighted by Crippen LogP contribution is -2.48. The number of nitrogens with zero attached hydrogens (tertiary/aromatic N) is 3. The number of piperazine rings is 1. The number of benzene rings is 1. The summed E-state index contributed by atoms with van der Waals surface area (Å²) < 4.78 is 0. The van der Waals surface area contributed by atoms with E-state index in [0.717, 1.165) is 23.8 Å². The minimum atomic E-state index is -0.0994. The Kier molecular flexibility index (Phi) is 4.17. The molecule has 0 spiro atoms. The van der Waals surface area contributed by atoms with E-state index in [1.165, 1.54) is 0 Å². The summed E-state index contributed by atoms with van der Waals surface area (Å²) in [5.74, 6) is 5.54. The van der Waals surface area contributed by atoms with Gasteiger partial charge in [-0.3, -0.25) is 4.79 Å². The van der Waals surface area contributed by atoms with Gasteiger partial charge < -0.3 is 9.80 Å². The molecule has 0 aliphatic carbocycles. The zero-order chi connectivity index (χ0) is 14.5. The molecule has 3 rings (SSSR count). The van der Waals surface area contributed by atoms with Crippen LogP contribution in [0.1, 0.15) is 5.56 Å². The highest BCUT2D eigenvalue weighted by atomic mass is 32.1. The third kappa shape index (κ3) is 3.41. The van der Waals surface area contributed by atoms with Crippen molar-refractivity contribution in [2.24, 2.45) is 0 Å². The number of rotatable bonds is 1. The van der Waals surface area contributed by atoms with Crippen LogP contribution in [0.4, 0.5) is 5.13 Å². The molecule has 2 heterocycles. The van der Waals surface area contributed by atoms with E-state index in [0.29, 0.717) is 13.1 Å². The maximum absolute atomic E-state index is 12.1. The second-order valence-corrected chi connectivity index (χ2v) is 5.58. The Balaban J connectivity index is 1.57. The van der Waals surface area contributed by atoms with E-state index in [1.807, 2.05) is 41.9 Å². The SMILES string of the molecule is O=C(C#Cc1ccccc1)N1CCN(c2nccs2)CC1. The zero-order valence-electron chi connectivity index (χ0n) is 11.5. The van der Waals surface area contributed by atoms with E-state index in [2.05, 4.69) is 21.7 Å². The van der Waals surface area contributed by atoms with Crippen LogP contribution in [0.5, 0.6) is 0 Å². The Morgan fingerprint density at radius 3 is 2.57 bits per heavy atom. The lowest BCUT2D eigenvalue weighted by Gasteiger charge is -2.33. The van der Waals surface area contributed by atoms with Gasteiger partial charge in [-0.2, -0.15) is 0 Å². The molecule has 106 valence electrons. The first kappa shape index (κ1) is 13.7. The molecule has 1 fully saturated rings. The number of hydrogen-bond donors (Lipinski definition) is 0. The number of carbonyl (C=O) groups excluding carboxylic acids is 1. The normalized spacial score (nSPS) is 14.5. The van der Waals surface area contributed by atoms with Gasteiger partial charge >= 0.3 is 0 Å². The standard InChI is InChI=1S/C16H15N3OS/c20-15(7-6-14-4-2-1-3-5-14)18-9-11-19(12-10-18)16-17-8-13-21-16/h1-5,8,13H,9-12H2. The monoisotopic (exact) mass is 297 g/mol. The first-order chi connectivity index (χ1) is 10.3. The predicted octanol–water partition coefficient (Wildman–Crippen LogP) is 1.84. The number of thiazole rings is 1. The number of carbonyl (C=O) groups is 1. The van der Waals surface area contributed by atoms with Crippen molar-refractivity contribution in [3.8, 4) is 11.8 Å². The molecule has 0 unspecified atom stereocenters. The maximum atomic E-state index is 12.1. The molecule has 0 bridgehead atoms. The number of aromatic nitrogens is 1. The van der Waals surface area contributed by atoms with Gasteiger partial charge in [0.2, 0.25) is 0 Å². The van der Waals surface area contributed by atoms with Gasteiger partial charge in [0.25, 0.3) is 5.91 Å². The third-order valence-electron chi connectivity index (χ3n) is 3.34. The molecular formula is C16H15N3OS. The number of hydrogen-bond acceptors (Lipinski definition) is 4. The van der Waals surface area contributed by atoms with Crippen molar-refractivity contribution < 1.29 is 4.79 Å². The van der Waals surface area contributed by atoms with Crippen molar-refractivity contribution in [2.45, 2.75) is 0 Å². The van der Waals surface area contributed by atoms with Crippen molar-refractivity contribution in [2.75, 3.05) is 31.1 Å². The predicted molar refractivity (Wildman–Crippen MR) is 84.2 cm³/mol. The van der Waals surface area contributed by atoms with Crippen molar-refractivity contribution in [3.05, 3.63) is 47.5 Å². The highest BCUT2D eigenvalue weighted by molar-refractivity contribution is 7.13. The molecule has 1 amide bonds. The number of anilines is 1. The minimum Gasteiger partial charge on any atom is -0.345 e. The summed E-state index contributed by atoms with van der Waals surface area (Å²) >= 11 is 1.63. The maximum Gasteiger partial charge on any atom is 0.298 e. The van der Waals surface area contributed by atoms with Gasteiger partial charge in [-0.15, -0.1) is 11.3 Å². The summed E-state index contributed by atoms with van der Waals surface area (Å²) in [4.78, 5) is 20.4. The minimum absolute atomic E-state index is 0.0994. The molecule has 1 aromatic carbocycles. The van der Waals surface area contributed by atoms with Gasteiger partial charge in [0.05, 0.1) is 0 Å². The van der Waals surface area contributed by atoms with E-state index in [-0.39, 0.29) is 5.91 Å². The van der Waals surface area contributed by atoms with Gasteiger partial charge in [0, 0.05) is 49.2 Å². The Labute approximate surface area is 128 Å². The van der Waals surface area contributed by atoms with E-state index >= 15 is 0 Å². The molecule has 21 heavy (non-hydrogen) atoms. The molecule has 1 saturated heterocycles.